The van der Waals surface area contributed by atoms with Crippen LogP contribution in [0.2, 0.25) is 0 Å². The highest BCUT2D eigenvalue weighted by Gasteiger charge is 2.30. The van der Waals surface area contributed by atoms with Crippen molar-refractivity contribution in [3.05, 3.63) is 17.0 Å². The molecule has 0 aromatic heterocycles. The molecule has 1 heterocycles. The Bertz CT molecular complexity index is 165. The summed E-state index contributed by atoms with van der Waals surface area (Å²) in [4.78, 5) is 14.0. The maximum Gasteiger partial charge on any atom is 0.294 e. The third-order valence-corrected chi connectivity index (χ3v) is 1.46. The fraction of sp³-hybridized carbons (Fsp3) is 0.833. The molecule has 0 spiro atoms. The van der Waals surface area contributed by atoms with Gasteiger partial charge in [0.25, 0.3) is 5.09 Å². The van der Waals surface area contributed by atoms with Crippen LogP contribution >= 0.6 is 0 Å². The first-order valence-electron chi connectivity index (χ1n) is 3.41. The molecular weight excluding hydrogens is 166 g/mol. The van der Waals surface area contributed by atoms with E-state index in [9.17, 15) is 10.1 Å². The Kier molecular flexibility index (Phi) is 2.83. The summed E-state index contributed by atoms with van der Waals surface area (Å²) in [6, 6.07) is 0. The van der Waals surface area contributed by atoms with Gasteiger partial charge in [0.05, 0.1) is 13.2 Å². The minimum Gasteiger partial charge on any atom is -0.355 e. The van der Waals surface area contributed by atoms with Gasteiger partial charge in [0.2, 0.25) is 0 Å². The number of ether oxygens (including phenoxy) is 2. The molecule has 0 saturated carbocycles. The van der Waals surface area contributed by atoms with Crippen LogP contribution in [0.4, 0.5) is 0 Å². The predicted molar refractivity (Wildman–Crippen MR) is 37.5 cm³/mol. The van der Waals surface area contributed by atoms with E-state index < -0.39 is 10.5 Å². The number of rotatable bonds is 3. The minimum absolute atomic E-state index is 0.0972. The monoisotopic (exact) mass is 176 g/mol. The molecule has 1 rings (SSSR count). The third-order valence-electron chi connectivity index (χ3n) is 1.46. The van der Waals surface area contributed by atoms with Crippen LogP contribution in [0.1, 0.15) is 0 Å². The largest absolute Gasteiger partial charge is 0.355 e. The van der Waals surface area contributed by atoms with E-state index in [0.717, 1.165) is 0 Å². The van der Waals surface area contributed by atoms with Gasteiger partial charge in [0.1, 0.15) is 13.4 Å². The first-order chi connectivity index (χ1) is 5.62. The van der Waals surface area contributed by atoms with E-state index in [1.165, 1.54) is 0 Å². The zero-order valence-corrected chi connectivity index (χ0v) is 6.52. The summed E-state index contributed by atoms with van der Waals surface area (Å²) in [7, 11) is 0. The fourth-order valence-corrected chi connectivity index (χ4v) is 0.890. The van der Waals surface area contributed by atoms with Crippen LogP contribution in [0.25, 0.3) is 0 Å². The van der Waals surface area contributed by atoms with Gasteiger partial charge in [0.15, 0.2) is 0 Å². The smallest absolute Gasteiger partial charge is 0.294 e. The van der Waals surface area contributed by atoms with Crippen LogP contribution in [-0.4, -0.2) is 31.7 Å². The van der Waals surface area contributed by atoms with Crippen LogP contribution in [0, 0.1) is 22.5 Å². The van der Waals surface area contributed by atoms with Gasteiger partial charge in [0, 0.05) is 5.41 Å². The highest BCUT2D eigenvalue weighted by molar-refractivity contribution is 4.82. The second-order valence-corrected chi connectivity index (χ2v) is 2.81. The van der Waals surface area contributed by atoms with Crippen molar-refractivity contribution in [3.8, 4) is 0 Å². The van der Waals surface area contributed by atoms with Gasteiger partial charge in [-0.15, -0.1) is 10.1 Å². The van der Waals surface area contributed by atoms with Gasteiger partial charge in [-0.3, -0.25) is 0 Å². The quantitative estimate of drug-likeness (QED) is 0.447. The molecule has 0 aromatic rings. The predicted octanol–water partition coefficient (Wildman–Crippen LogP) is 0.0195. The third kappa shape index (κ3) is 2.63. The Labute approximate surface area is 69.5 Å². The average molecular weight is 176 g/mol. The summed E-state index contributed by atoms with van der Waals surface area (Å²) >= 11 is 0. The van der Waals surface area contributed by atoms with Gasteiger partial charge in [-0.2, -0.15) is 0 Å². The maximum absolute atomic E-state index is 9.86. The molecule has 0 amide bonds. The lowest BCUT2D eigenvalue weighted by molar-refractivity contribution is -0.760. The SMILES string of the molecule is [CH2]C1(CO[N+](=O)[O-])COCOC1. The topological polar surface area (TPSA) is 70.8 Å². The molecule has 12 heavy (non-hydrogen) atoms. The van der Waals surface area contributed by atoms with E-state index in [1.807, 2.05) is 0 Å². The maximum atomic E-state index is 9.86. The van der Waals surface area contributed by atoms with Gasteiger partial charge >= 0.3 is 0 Å². The molecule has 1 aliphatic heterocycles. The summed E-state index contributed by atoms with van der Waals surface area (Å²) in [5.41, 5.74) is -0.648. The standard InChI is InChI=1S/C6H10NO5/c1-6(4-12-7(8)9)2-10-5-11-3-6/h1-5H2. The van der Waals surface area contributed by atoms with Crippen LogP contribution in [-0.2, 0) is 14.3 Å². The Morgan fingerprint density at radius 3 is 2.67 bits per heavy atom. The summed E-state index contributed by atoms with van der Waals surface area (Å²) in [6.45, 7) is 4.48. The molecule has 0 unspecified atom stereocenters. The Balaban J connectivity index is 2.31. The van der Waals surface area contributed by atoms with Crippen LogP contribution in [0.3, 0.4) is 0 Å². The second-order valence-electron chi connectivity index (χ2n) is 2.81. The second kappa shape index (κ2) is 3.68. The Morgan fingerprint density at radius 2 is 2.17 bits per heavy atom. The average Bonchev–Trinajstić information content (AvgIpc) is 2.03. The van der Waals surface area contributed by atoms with Crippen molar-refractivity contribution in [2.45, 2.75) is 0 Å². The van der Waals surface area contributed by atoms with E-state index in [-0.39, 0.29) is 13.4 Å². The van der Waals surface area contributed by atoms with Crippen LogP contribution < -0.4 is 0 Å². The van der Waals surface area contributed by atoms with E-state index in [4.69, 9.17) is 9.47 Å². The van der Waals surface area contributed by atoms with Gasteiger partial charge in [-0.05, 0) is 6.92 Å². The first kappa shape index (κ1) is 9.21. The van der Waals surface area contributed by atoms with Gasteiger partial charge in [-0.1, -0.05) is 0 Å². The summed E-state index contributed by atoms with van der Waals surface area (Å²) in [5, 5.41) is 9.01. The number of hydrogen-bond acceptors (Lipinski definition) is 5. The molecule has 0 aromatic carbocycles. The molecule has 0 N–H and O–H groups in total. The van der Waals surface area contributed by atoms with E-state index in [2.05, 4.69) is 11.8 Å². The van der Waals surface area contributed by atoms with Gasteiger partial charge in [-0.25, -0.2) is 0 Å². The van der Waals surface area contributed by atoms with Crippen LogP contribution in [0.15, 0.2) is 0 Å². The zero-order chi connectivity index (χ0) is 9.03. The van der Waals surface area contributed by atoms with Crippen molar-refractivity contribution in [1.29, 1.82) is 0 Å². The molecular formula is C6H10NO5. The lowest BCUT2D eigenvalue weighted by atomic mass is 9.94. The highest BCUT2D eigenvalue weighted by atomic mass is 16.9. The molecule has 1 fully saturated rings. The van der Waals surface area contributed by atoms with Crippen molar-refractivity contribution in [1.82, 2.24) is 0 Å². The minimum atomic E-state index is -0.846. The van der Waals surface area contributed by atoms with Crippen molar-refractivity contribution in [2.24, 2.45) is 5.41 Å². The molecule has 0 aliphatic carbocycles. The highest BCUT2D eigenvalue weighted by Crippen LogP contribution is 2.20. The number of nitrogens with zero attached hydrogens (tertiary/aromatic N) is 1. The summed E-state index contributed by atoms with van der Waals surface area (Å²) < 4.78 is 9.86. The summed E-state index contributed by atoms with van der Waals surface area (Å²) in [6.07, 6.45) is 0. The zero-order valence-electron chi connectivity index (χ0n) is 6.52. The Hall–Kier alpha value is -0.880. The molecule has 1 saturated heterocycles. The first-order valence-corrected chi connectivity index (χ1v) is 3.41. The van der Waals surface area contributed by atoms with Crippen LogP contribution in [0.5, 0.6) is 0 Å². The van der Waals surface area contributed by atoms with Crippen molar-refractivity contribution >= 4 is 0 Å². The molecule has 0 bridgehead atoms. The number of hydrogen-bond donors (Lipinski definition) is 0. The van der Waals surface area contributed by atoms with E-state index in [1.54, 1.807) is 0 Å². The normalized spacial score (nSPS) is 21.8. The molecule has 1 aliphatic rings. The van der Waals surface area contributed by atoms with Crippen molar-refractivity contribution in [3.63, 3.8) is 0 Å². The molecule has 0 atom stereocenters. The molecule has 69 valence electrons. The Morgan fingerprint density at radius 1 is 1.58 bits per heavy atom. The molecule has 1 radical (unpaired) electrons. The van der Waals surface area contributed by atoms with E-state index in [0.29, 0.717) is 13.2 Å². The molecule has 6 nitrogen and oxygen atoms in total. The van der Waals surface area contributed by atoms with Crippen molar-refractivity contribution < 1.29 is 19.4 Å². The van der Waals surface area contributed by atoms with E-state index >= 15 is 0 Å². The van der Waals surface area contributed by atoms with Gasteiger partial charge < -0.3 is 14.3 Å². The fourth-order valence-electron chi connectivity index (χ4n) is 0.890. The van der Waals surface area contributed by atoms with Crippen molar-refractivity contribution in [2.75, 3.05) is 26.6 Å². The lowest BCUT2D eigenvalue weighted by Crippen LogP contribution is -2.39. The summed E-state index contributed by atoms with van der Waals surface area (Å²) in [5.74, 6) is 0. The lowest BCUT2D eigenvalue weighted by Gasteiger charge is -2.31. The molecule has 6 heteroatoms.